The number of H-pyrrole nitrogens is 1. The number of ether oxygens (including phenoxy) is 1. The highest BCUT2D eigenvalue weighted by atomic mass is 19.4. The van der Waals surface area contributed by atoms with Gasteiger partial charge >= 0.3 is 6.18 Å². The predicted octanol–water partition coefficient (Wildman–Crippen LogP) is 3.84. The van der Waals surface area contributed by atoms with Crippen molar-refractivity contribution in [3.63, 3.8) is 0 Å². The van der Waals surface area contributed by atoms with Crippen molar-refractivity contribution in [1.29, 1.82) is 0 Å². The number of aromatic nitrogens is 3. The lowest BCUT2D eigenvalue weighted by Crippen LogP contribution is -2.27. The number of fused-ring (bicyclic) bond motifs is 1. The van der Waals surface area contributed by atoms with Gasteiger partial charge in [-0.3, -0.25) is 9.59 Å². The first-order valence-corrected chi connectivity index (χ1v) is 9.27. The fraction of sp³-hybridized carbons (Fsp3) is 0.143. The third kappa shape index (κ3) is 4.04. The number of rotatable bonds is 5. The average molecular weight is 444 g/mol. The minimum atomic E-state index is -4.84. The van der Waals surface area contributed by atoms with Crippen LogP contribution >= 0.6 is 0 Å². The molecule has 0 fully saturated rings. The molecule has 0 aliphatic rings. The zero-order chi connectivity index (χ0) is 23.0. The summed E-state index contributed by atoms with van der Waals surface area (Å²) in [4.78, 5) is 24.9. The molecule has 1 amide bonds. The van der Waals surface area contributed by atoms with Crippen molar-refractivity contribution in [2.45, 2.75) is 19.2 Å². The van der Waals surface area contributed by atoms with Gasteiger partial charge in [-0.1, -0.05) is 18.2 Å². The monoisotopic (exact) mass is 444 g/mol. The van der Waals surface area contributed by atoms with E-state index in [-0.39, 0.29) is 11.1 Å². The Labute approximate surface area is 177 Å². The summed E-state index contributed by atoms with van der Waals surface area (Å²) in [5.41, 5.74) is 3.75. The van der Waals surface area contributed by atoms with Gasteiger partial charge in [0.1, 0.15) is 34.1 Å². The first-order chi connectivity index (χ1) is 15.1. The smallest absolute Gasteiger partial charge is 0.431 e. The van der Waals surface area contributed by atoms with Gasteiger partial charge in [0.25, 0.3) is 11.5 Å². The fourth-order valence-corrected chi connectivity index (χ4v) is 3.20. The predicted molar refractivity (Wildman–Crippen MR) is 107 cm³/mol. The van der Waals surface area contributed by atoms with Crippen LogP contribution in [0.4, 0.5) is 13.2 Å². The molecule has 0 bridgehead atoms. The number of hydrogen-bond donors (Lipinski definition) is 2. The number of alkyl halides is 3. The van der Waals surface area contributed by atoms with Crippen LogP contribution in [-0.4, -0.2) is 21.2 Å². The third-order valence-corrected chi connectivity index (χ3v) is 4.82. The van der Waals surface area contributed by atoms with Gasteiger partial charge < -0.3 is 15.5 Å². The van der Waals surface area contributed by atoms with E-state index in [4.69, 9.17) is 10.5 Å². The number of primary amides is 1. The van der Waals surface area contributed by atoms with Crippen LogP contribution in [0.2, 0.25) is 0 Å². The second kappa shape index (κ2) is 7.84. The SMILES string of the molecule is CC(Oc1ccc(-c2cc(C(N)=O)c(=O)[nH]c2C(F)(F)F)cc1)c1ccc2nonc2c1. The summed E-state index contributed by atoms with van der Waals surface area (Å²) >= 11 is 0. The van der Waals surface area contributed by atoms with Gasteiger partial charge in [0, 0.05) is 5.56 Å². The van der Waals surface area contributed by atoms with E-state index in [1.54, 1.807) is 30.1 Å². The van der Waals surface area contributed by atoms with Crippen LogP contribution in [0.1, 0.15) is 34.6 Å². The molecule has 2 aromatic heterocycles. The number of nitrogens with two attached hydrogens (primary N) is 1. The number of hydrogen-bond acceptors (Lipinski definition) is 6. The molecule has 4 aromatic rings. The molecule has 0 radical (unpaired) electrons. The molecule has 1 atom stereocenters. The molecule has 0 saturated heterocycles. The van der Waals surface area contributed by atoms with Crippen molar-refractivity contribution in [2.24, 2.45) is 5.73 Å². The summed E-state index contributed by atoms with van der Waals surface area (Å²) < 4.78 is 50.9. The summed E-state index contributed by atoms with van der Waals surface area (Å²) in [6.45, 7) is 1.80. The molecular weight excluding hydrogens is 429 g/mol. The third-order valence-electron chi connectivity index (χ3n) is 4.82. The number of amides is 1. The molecule has 0 spiro atoms. The van der Waals surface area contributed by atoms with Crippen LogP contribution in [0.5, 0.6) is 5.75 Å². The Morgan fingerprint density at radius 3 is 2.44 bits per heavy atom. The zero-order valence-electron chi connectivity index (χ0n) is 16.4. The number of carbonyl (C=O) groups excluding carboxylic acids is 1. The number of nitrogens with zero attached hydrogens (tertiary/aromatic N) is 2. The topological polar surface area (TPSA) is 124 Å². The van der Waals surface area contributed by atoms with Crippen LogP contribution in [0, 0.1) is 0 Å². The van der Waals surface area contributed by atoms with Gasteiger partial charge in [-0.25, -0.2) is 4.63 Å². The van der Waals surface area contributed by atoms with E-state index < -0.39 is 35.0 Å². The molecular formula is C21H15F3N4O4. The Hall–Kier alpha value is -4.15. The van der Waals surface area contributed by atoms with Crippen LogP contribution in [0.25, 0.3) is 22.2 Å². The molecule has 0 aliphatic carbocycles. The van der Waals surface area contributed by atoms with Crippen LogP contribution < -0.4 is 16.0 Å². The maximum Gasteiger partial charge on any atom is 0.431 e. The Kier molecular flexibility index (Phi) is 5.17. The van der Waals surface area contributed by atoms with Gasteiger partial charge in [0.05, 0.1) is 0 Å². The van der Waals surface area contributed by atoms with E-state index in [1.165, 1.54) is 24.3 Å². The fourth-order valence-electron chi connectivity index (χ4n) is 3.20. The van der Waals surface area contributed by atoms with Gasteiger partial charge in [0.2, 0.25) is 0 Å². The van der Waals surface area contributed by atoms with Gasteiger partial charge in [-0.15, -0.1) is 0 Å². The van der Waals surface area contributed by atoms with Crippen molar-refractivity contribution in [3.8, 4) is 16.9 Å². The first-order valence-electron chi connectivity index (χ1n) is 9.27. The standard InChI is InChI=1S/C21H15F3N4O4/c1-10(12-4-7-16-17(8-12)28-32-27-16)31-13-5-2-11(3-6-13)14-9-15(19(25)29)20(30)26-18(14)21(22,23)24/h2-10H,1H3,(H2,25,29)(H,26,30). The van der Waals surface area contributed by atoms with E-state index >= 15 is 0 Å². The molecule has 0 aliphatic heterocycles. The van der Waals surface area contributed by atoms with Crippen molar-refractivity contribution >= 4 is 16.9 Å². The molecule has 1 unspecified atom stereocenters. The summed E-state index contributed by atoms with van der Waals surface area (Å²) in [6.07, 6.45) is -5.24. The Morgan fingerprint density at radius 2 is 1.78 bits per heavy atom. The minimum absolute atomic E-state index is 0.117. The van der Waals surface area contributed by atoms with Gasteiger partial charge in [-0.2, -0.15) is 13.2 Å². The number of nitrogens with one attached hydrogen (secondary N) is 1. The van der Waals surface area contributed by atoms with Gasteiger partial charge in [0.15, 0.2) is 0 Å². The normalized spacial score (nSPS) is 12.6. The Bertz CT molecular complexity index is 1360. The number of benzene rings is 2. The number of aromatic amines is 1. The Balaban J connectivity index is 1.64. The quantitative estimate of drug-likeness (QED) is 0.482. The van der Waals surface area contributed by atoms with Crippen molar-refractivity contribution in [2.75, 3.05) is 0 Å². The highest BCUT2D eigenvalue weighted by Crippen LogP contribution is 2.36. The molecule has 32 heavy (non-hydrogen) atoms. The minimum Gasteiger partial charge on any atom is -0.486 e. The largest absolute Gasteiger partial charge is 0.486 e. The van der Waals surface area contributed by atoms with Crippen molar-refractivity contribution in [1.82, 2.24) is 15.3 Å². The molecule has 0 saturated carbocycles. The molecule has 3 N–H and O–H groups in total. The summed E-state index contributed by atoms with van der Waals surface area (Å²) in [5, 5.41) is 7.51. The molecule has 164 valence electrons. The van der Waals surface area contributed by atoms with Crippen molar-refractivity contribution < 1.29 is 27.3 Å². The second-order valence-corrected chi connectivity index (χ2v) is 6.96. The molecule has 11 heteroatoms. The Morgan fingerprint density at radius 1 is 1.09 bits per heavy atom. The second-order valence-electron chi connectivity index (χ2n) is 6.96. The van der Waals surface area contributed by atoms with E-state index in [0.29, 0.717) is 16.8 Å². The van der Waals surface area contributed by atoms with E-state index in [1.807, 2.05) is 0 Å². The lowest BCUT2D eigenvalue weighted by Gasteiger charge is -2.16. The lowest BCUT2D eigenvalue weighted by atomic mass is 10.0. The van der Waals surface area contributed by atoms with Crippen LogP contribution in [0.15, 0.2) is 58.0 Å². The van der Waals surface area contributed by atoms with Crippen LogP contribution in [0.3, 0.4) is 0 Å². The van der Waals surface area contributed by atoms with E-state index in [2.05, 4.69) is 14.9 Å². The maximum absolute atomic E-state index is 13.4. The van der Waals surface area contributed by atoms with Gasteiger partial charge in [-0.05, 0) is 58.7 Å². The summed E-state index contributed by atoms with van der Waals surface area (Å²) in [5.74, 6) is -0.734. The average Bonchev–Trinajstić information content (AvgIpc) is 3.21. The lowest BCUT2D eigenvalue weighted by molar-refractivity contribution is -0.140. The van der Waals surface area contributed by atoms with Crippen molar-refractivity contribution in [3.05, 3.63) is 75.7 Å². The molecule has 2 heterocycles. The maximum atomic E-state index is 13.4. The molecule has 2 aromatic carbocycles. The van der Waals surface area contributed by atoms with E-state index in [9.17, 15) is 22.8 Å². The number of carbonyl (C=O) groups is 1. The molecule has 4 rings (SSSR count). The zero-order valence-corrected chi connectivity index (χ0v) is 16.4. The molecule has 8 nitrogen and oxygen atoms in total. The van der Waals surface area contributed by atoms with E-state index in [0.717, 1.165) is 11.6 Å². The highest BCUT2D eigenvalue weighted by molar-refractivity contribution is 5.94. The number of halogens is 3. The van der Waals surface area contributed by atoms with Crippen LogP contribution in [-0.2, 0) is 6.18 Å². The summed E-state index contributed by atoms with van der Waals surface area (Å²) in [6, 6.07) is 11.9. The summed E-state index contributed by atoms with van der Waals surface area (Å²) in [7, 11) is 0. The first kappa shape index (κ1) is 21.1. The highest BCUT2D eigenvalue weighted by Gasteiger charge is 2.36. The number of pyridine rings is 1.